The first-order chi connectivity index (χ1) is 11.5. The van der Waals surface area contributed by atoms with E-state index in [9.17, 15) is 4.79 Å². The summed E-state index contributed by atoms with van der Waals surface area (Å²) < 4.78 is 16.9. The molecule has 24 heavy (non-hydrogen) atoms. The number of benzene rings is 2. The maximum atomic E-state index is 12.9. The number of fused-ring (bicyclic) bond motifs is 1. The minimum absolute atomic E-state index is 0.143. The van der Waals surface area contributed by atoms with Crippen LogP contribution in [0.2, 0.25) is 0 Å². The second-order valence-corrected chi connectivity index (χ2v) is 5.71. The molecular formula is C20H20O4. The first-order valence-electron chi connectivity index (χ1n) is 7.90. The van der Waals surface area contributed by atoms with Crippen LogP contribution in [0, 0.1) is 13.8 Å². The molecule has 4 nitrogen and oxygen atoms in total. The second kappa shape index (κ2) is 6.40. The molecule has 0 spiro atoms. The molecular weight excluding hydrogens is 304 g/mol. The van der Waals surface area contributed by atoms with E-state index in [4.69, 9.17) is 13.9 Å². The van der Waals surface area contributed by atoms with Crippen molar-refractivity contribution in [1.82, 2.24) is 0 Å². The standard InChI is InChI=1S/C20H20O4/c1-5-23-20-17(21)16-11-12(2)10-13(3)18(16)24-19(20)14-6-8-15(22-4)9-7-14/h6-11H,5H2,1-4H3. The van der Waals surface area contributed by atoms with E-state index >= 15 is 0 Å². The molecule has 3 aromatic rings. The summed E-state index contributed by atoms with van der Waals surface area (Å²) in [6, 6.07) is 11.2. The average molecular weight is 324 g/mol. The van der Waals surface area contributed by atoms with E-state index in [1.807, 2.05) is 57.2 Å². The first-order valence-corrected chi connectivity index (χ1v) is 7.90. The van der Waals surface area contributed by atoms with Crippen molar-refractivity contribution in [2.24, 2.45) is 0 Å². The molecule has 3 rings (SSSR count). The van der Waals surface area contributed by atoms with Crippen molar-refractivity contribution >= 4 is 11.0 Å². The average Bonchev–Trinajstić information content (AvgIpc) is 2.58. The van der Waals surface area contributed by atoms with Gasteiger partial charge in [0.25, 0.3) is 0 Å². The lowest BCUT2D eigenvalue weighted by molar-refractivity contribution is 0.330. The van der Waals surface area contributed by atoms with Gasteiger partial charge in [-0.1, -0.05) is 6.07 Å². The van der Waals surface area contributed by atoms with Gasteiger partial charge in [-0.15, -0.1) is 0 Å². The number of methoxy groups -OCH3 is 1. The molecule has 0 radical (unpaired) electrons. The summed E-state index contributed by atoms with van der Waals surface area (Å²) in [6.07, 6.45) is 0. The van der Waals surface area contributed by atoms with E-state index in [0.717, 1.165) is 22.4 Å². The molecule has 0 saturated carbocycles. The van der Waals surface area contributed by atoms with Gasteiger partial charge in [-0.3, -0.25) is 4.79 Å². The number of ether oxygens (including phenoxy) is 2. The van der Waals surface area contributed by atoms with Crippen LogP contribution in [0.1, 0.15) is 18.1 Å². The molecule has 2 aromatic carbocycles. The van der Waals surface area contributed by atoms with Gasteiger partial charge in [0.15, 0.2) is 5.76 Å². The first kappa shape index (κ1) is 16.1. The van der Waals surface area contributed by atoms with Crippen LogP contribution >= 0.6 is 0 Å². The van der Waals surface area contributed by atoms with Crippen LogP contribution in [0.25, 0.3) is 22.3 Å². The maximum absolute atomic E-state index is 12.9. The van der Waals surface area contributed by atoms with Crippen molar-refractivity contribution in [3.8, 4) is 22.8 Å². The lowest BCUT2D eigenvalue weighted by Gasteiger charge is -2.12. The largest absolute Gasteiger partial charge is 0.497 e. The Morgan fingerprint density at radius 3 is 2.42 bits per heavy atom. The van der Waals surface area contributed by atoms with Gasteiger partial charge in [-0.25, -0.2) is 0 Å². The molecule has 4 heteroatoms. The normalized spacial score (nSPS) is 10.8. The van der Waals surface area contributed by atoms with Gasteiger partial charge in [0.05, 0.1) is 19.1 Å². The van der Waals surface area contributed by atoms with Crippen molar-refractivity contribution in [1.29, 1.82) is 0 Å². The summed E-state index contributed by atoms with van der Waals surface area (Å²) in [6.45, 7) is 6.15. The van der Waals surface area contributed by atoms with E-state index < -0.39 is 0 Å². The van der Waals surface area contributed by atoms with E-state index in [1.165, 1.54) is 0 Å². The maximum Gasteiger partial charge on any atom is 0.235 e. The van der Waals surface area contributed by atoms with Gasteiger partial charge in [0.1, 0.15) is 11.3 Å². The zero-order valence-corrected chi connectivity index (χ0v) is 14.3. The Morgan fingerprint density at radius 1 is 1.08 bits per heavy atom. The third-order valence-electron chi connectivity index (χ3n) is 3.92. The van der Waals surface area contributed by atoms with Gasteiger partial charge >= 0.3 is 0 Å². The predicted molar refractivity (Wildman–Crippen MR) is 95.1 cm³/mol. The van der Waals surface area contributed by atoms with Crippen LogP contribution in [0.15, 0.2) is 45.6 Å². The van der Waals surface area contributed by atoms with E-state index in [1.54, 1.807) is 7.11 Å². The summed E-state index contributed by atoms with van der Waals surface area (Å²) in [5.41, 5.74) is 3.18. The van der Waals surface area contributed by atoms with E-state index in [0.29, 0.717) is 23.3 Å². The third kappa shape index (κ3) is 2.75. The number of aryl methyl sites for hydroxylation is 2. The fraction of sp³-hybridized carbons (Fsp3) is 0.250. The molecule has 0 aliphatic heterocycles. The summed E-state index contributed by atoms with van der Waals surface area (Å²) in [5.74, 6) is 1.44. The topological polar surface area (TPSA) is 48.7 Å². The fourth-order valence-electron chi connectivity index (χ4n) is 2.84. The van der Waals surface area contributed by atoms with Gasteiger partial charge in [-0.2, -0.15) is 0 Å². The van der Waals surface area contributed by atoms with Crippen molar-refractivity contribution in [2.45, 2.75) is 20.8 Å². The minimum atomic E-state index is -0.143. The Balaban J connectivity index is 2.32. The number of hydrogen-bond acceptors (Lipinski definition) is 4. The Labute approximate surface area is 140 Å². The molecule has 0 atom stereocenters. The van der Waals surface area contributed by atoms with Crippen LogP contribution < -0.4 is 14.9 Å². The monoisotopic (exact) mass is 324 g/mol. The molecule has 1 heterocycles. The molecule has 0 N–H and O–H groups in total. The van der Waals surface area contributed by atoms with Crippen molar-refractivity contribution < 1.29 is 13.9 Å². The Kier molecular flexibility index (Phi) is 4.30. The smallest absolute Gasteiger partial charge is 0.235 e. The molecule has 0 aliphatic rings. The fourth-order valence-corrected chi connectivity index (χ4v) is 2.84. The minimum Gasteiger partial charge on any atom is -0.497 e. The lowest BCUT2D eigenvalue weighted by atomic mass is 10.1. The van der Waals surface area contributed by atoms with E-state index in [2.05, 4.69) is 0 Å². The van der Waals surface area contributed by atoms with Crippen molar-refractivity contribution in [2.75, 3.05) is 13.7 Å². The van der Waals surface area contributed by atoms with Crippen LogP contribution in [0.3, 0.4) is 0 Å². The highest BCUT2D eigenvalue weighted by atomic mass is 16.5. The molecule has 0 amide bonds. The molecule has 0 aliphatic carbocycles. The van der Waals surface area contributed by atoms with Crippen LogP contribution in [0.4, 0.5) is 0 Å². The van der Waals surface area contributed by atoms with Crippen molar-refractivity contribution in [3.05, 3.63) is 57.7 Å². The Hall–Kier alpha value is -2.75. The van der Waals surface area contributed by atoms with Gasteiger partial charge in [0, 0.05) is 5.56 Å². The molecule has 0 bridgehead atoms. The molecule has 0 unspecified atom stereocenters. The highest BCUT2D eigenvalue weighted by molar-refractivity contribution is 5.85. The zero-order chi connectivity index (χ0) is 17.3. The molecule has 124 valence electrons. The molecule has 0 saturated heterocycles. The highest BCUT2D eigenvalue weighted by Crippen LogP contribution is 2.33. The Bertz CT molecular complexity index is 936. The predicted octanol–water partition coefficient (Wildman–Crippen LogP) is 4.48. The number of hydrogen-bond donors (Lipinski definition) is 0. The van der Waals surface area contributed by atoms with Crippen LogP contribution in [0.5, 0.6) is 11.5 Å². The quantitative estimate of drug-likeness (QED) is 0.710. The second-order valence-electron chi connectivity index (χ2n) is 5.71. The van der Waals surface area contributed by atoms with E-state index in [-0.39, 0.29) is 11.2 Å². The summed E-state index contributed by atoms with van der Waals surface area (Å²) in [7, 11) is 1.61. The van der Waals surface area contributed by atoms with Gasteiger partial charge in [0.2, 0.25) is 11.2 Å². The van der Waals surface area contributed by atoms with Crippen LogP contribution in [-0.4, -0.2) is 13.7 Å². The zero-order valence-electron chi connectivity index (χ0n) is 14.3. The SMILES string of the molecule is CCOc1c(-c2ccc(OC)cc2)oc2c(C)cc(C)cc2c1=O. The van der Waals surface area contributed by atoms with Crippen LogP contribution in [-0.2, 0) is 0 Å². The van der Waals surface area contributed by atoms with Crippen molar-refractivity contribution in [3.63, 3.8) is 0 Å². The summed E-state index contributed by atoms with van der Waals surface area (Å²) >= 11 is 0. The molecule has 1 aromatic heterocycles. The summed E-state index contributed by atoms with van der Waals surface area (Å²) in [4.78, 5) is 12.9. The third-order valence-corrected chi connectivity index (χ3v) is 3.92. The summed E-state index contributed by atoms with van der Waals surface area (Å²) in [5, 5.41) is 0.549. The van der Waals surface area contributed by atoms with Gasteiger partial charge in [-0.05, 0) is 62.2 Å². The number of rotatable bonds is 4. The lowest BCUT2D eigenvalue weighted by Crippen LogP contribution is -2.10. The molecule has 0 fully saturated rings. The Morgan fingerprint density at radius 2 is 1.79 bits per heavy atom. The highest BCUT2D eigenvalue weighted by Gasteiger charge is 2.18. The van der Waals surface area contributed by atoms with Gasteiger partial charge < -0.3 is 13.9 Å².